The summed E-state index contributed by atoms with van der Waals surface area (Å²) in [5.74, 6) is 1.34. The fourth-order valence-corrected chi connectivity index (χ4v) is 3.17. The molecule has 0 spiro atoms. The van der Waals surface area contributed by atoms with Crippen LogP contribution in [0.25, 0.3) is 0 Å². The van der Waals surface area contributed by atoms with E-state index in [0.29, 0.717) is 22.4 Å². The first-order valence-corrected chi connectivity index (χ1v) is 7.40. The second kappa shape index (κ2) is 5.62. The van der Waals surface area contributed by atoms with Crippen molar-refractivity contribution in [2.75, 3.05) is 13.1 Å². The largest absolute Gasteiger partial charge is 0.338 e. The Hall–Kier alpha value is -0.540. The van der Waals surface area contributed by atoms with Crippen LogP contribution in [-0.2, 0) is 0 Å². The maximum atomic E-state index is 12.4. The highest BCUT2D eigenvalue weighted by atomic mass is 79.9. The van der Waals surface area contributed by atoms with Gasteiger partial charge in [0.1, 0.15) is 0 Å². The van der Waals surface area contributed by atoms with Crippen molar-refractivity contribution in [2.45, 2.75) is 20.3 Å². The summed E-state index contributed by atoms with van der Waals surface area (Å²) in [6, 6.07) is 5.35. The second-order valence-corrected chi connectivity index (χ2v) is 6.50. The van der Waals surface area contributed by atoms with E-state index in [0.717, 1.165) is 24.0 Å². The van der Waals surface area contributed by atoms with Crippen LogP contribution in [0.3, 0.4) is 0 Å². The van der Waals surface area contributed by atoms with E-state index < -0.39 is 0 Å². The summed E-state index contributed by atoms with van der Waals surface area (Å²) in [6.45, 7) is 6.14. The number of rotatable bonds is 1. The number of carbonyl (C=O) groups is 1. The minimum atomic E-state index is 0.0805. The van der Waals surface area contributed by atoms with Crippen molar-refractivity contribution in [1.82, 2.24) is 4.90 Å². The van der Waals surface area contributed by atoms with Crippen LogP contribution >= 0.6 is 27.5 Å². The molecule has 0 aromatic heterocycles. The van der Waals surface area contributed by atoms with E-state index in [4.69, 9.17) is 11.6 Å². The Kier molecular flexibility index (Phi) is 4.33. The molecule has 0 N–H and O–H groups in total. The van der Waals surface area contributed by atoms with Gasteiger partial charge in [-0.2, -0.15) is 0 Å². The van der Waals surface area contributed by atoms with E-state index in [1.165, 1.54) is 0 Å². The number of likely N-dealkylation sites (tertiary alicyclic amines) is 1. The zero-order chi connectivity index (χ0) is 13.3. The molecule has 1 aliphatic rings. The zero-order valence-corrected chi connectivity index (χ0v) is 13.0. The van der Waals surface area contributed by atoms with Crippen LogP contribution in [0.2, 0.25) is 5.02 Å². The van der Waals surface area contributed by atoms with Gasteiger partial charge in [-0.25, -0.2) is 0 Å². The van der Waals surface area contributed by atoms with Crippen LogP contribution in [0.5, 0.6) is 0 Å². The van der Waals surface area contributed by atoms with Crippen LogP contribution in [0.1, 0.15) is 30.6 Å². The molecule has 0 saturated carbocycles. The first-order valence-electron chi connectivity index (χ1n) is 6.22. The van der Waals surface area contributed by atoms with Crippen LogP contribution in [0, 0.1) is 11.8 Å². The predicted octanol–water partition coefficient (Wildman–Crippen LogP) is 4.22. The first-order chi connectivity index (χ1) is 8.47. The number of hydrogen-bond acceptors (Lipinski definition) is 1. The number of benzene rings is 1. The molecule has 0 aliphatic carbocycles. The minimum Gasteiger partial charge on any atom is -0.338 e. The van der Waals surface area contributed by atoms with Crippen molar-refractivity contribution in [3.63, 3.8) is 0 Å². The van der Waals surface area contributed by atoms with Gasteiger partial charge in [-0.05, 0) is 36.5 Å². The van der Waals surface area contributed by atoms with Crippen LogP contribution in [0.15, 0.2) is 22.7 Å². The van der Waals surface area contributed by atoms with E-state index in [9.17, 15) is 4.79 Å². The predicted molar refractivity (Wildman–Crippen MR) is 78.0 cm³/mol. The Labute approximate surface area is 121 Å². The third-order valence-corrected chi connectivity index (χ3v) is 4.41. The standard InChI is InChI=1S/C14H17BrClNO/c1-9-3-4-17(8-10(9)2)14(18)11-5-12(15)7-13(16)6-11/h5-7,9-10H,3-4,8H2,1-2H3. The average Bonchev–Trinajstić information content (AvgIpc) is 2.30. The van der Waals surface area contributed by atoms with Crippen molar-refractivity contribution >= 4 is 33.4 Å². The first kappa shape index (κ1) is 13.9. The van der Waals surface area contributed by atoms with Crippen molar-refractivity contribution in [2.24, 2.45) is 11.8 Å². The second-order valence-electron chi connectivity index (χ2n) is 5.15. The van der Waals surface area contributed by atoms with Gasteiger partial charge in [0, 0.05) is 28.1 Å². The molecule has 2 atom stereocenters. The Morgan fingerprint density at radius 1 is 1.33 bits per heavy atom. The lowest BCUT2D eigenvalue weighted by molar-refractivity contribution is 0.0627. The smallest absolute Gasteiger partial charge is 0.253 e. The van der Waals surface area contributed by atoms with E-state index >= 15 is 0 Å². The van der Waals surface area contributed by atoms with Crippen molar-refractivity contribution in [3.8, 4) is 0 Å². The molecule has 1 saturated heterocycles. The molecule has 1 fully saturated rings. The van der Waals surface area contributed by atoms with Crippen LogP contribution in [0.4, 0.5) is 0 Å². The summed E-state index contributed by atoms with van der Waals surface area (Å²) in [4.78, 5) is 14.3. The highest BCUT2D eigenvalue weighted by molar-refractivity contribution is 9.10. The highest BCUT2D eigenvalue weighted by Gasteiger charge is 2.26. The normalized spacial score (nSPS) is 24.1. The molecular formula is C14H17BrClNO. The van der Waals surface area contributed by atoms with E-state index in [-0.39, 0.29) is 5.91 Å². The van der Waals surface area contributed by atoms with Gasteiger partial charge in [0.25, 0.3) is 5.91 Å². The quantitative estimate of drug-likeness (QED) is 0.755. The summed E-state index contributed by atoms with van der Waals surface area (Å²) in [5, 5.41) is 0.589. The number of halogens is 2. The summed E-state index contributed by atoms with van der Waals surface area (Å²) in [6.07, 6.45) is 1.08. The van der Waals surface area contributed by atoms with Gasteiger partial charge in [0.2, 0.25) is 0 Å². The number of nitrogens with zero attached hydrogens (tertiary/aromatic N) is 1. The molecule has 1 aliphatic heterocycles. The number of amides is 1. The third kappa shape index (κ3) is 3.07. The molecule has 0 radical (unpaired) electrons. The molecule has 1 aromatic rings. The van der Waals surface area contributed by atoms with E-state index in [2.05, 4.69) is 29.8 Å². The Bertz CT molecular complexity index is 443. The molecule has 4 heteroatoms. The molecular weight excluding hydrogens is 314 g/mol. The maximum Gasteiger partial charge on any atom is 0.253 e. The minimum absolute atomic E-state index is 0.0805. The van der Waals surface area contributed by atoms with Gasteiger partial charge in [0.15, 0.2) is 0 Å². The van der Waals surface area contributed by atoms with Gasteiger partial charge >= 0.3 is 0 Å². The molecule has 1 heterocycles. The molecule has 0 bridgehead atoms. The fraction of sp³-hybridized carbons (Fsp3) is 0.500. The van der Waals surface area contributed by atoms with Crippen molar-refractivity contribution in [1.29, 1.82) is 0 Å². The zero-order valence-electron chi connectivity index (χ0n) is 10.6. The fourth-order valence-electron chi connectivity index (χ4n) is 2.31. The molecule has 1 amide bonds. The molecule has 18 heavy (non-hydrogen) atoms. The number of hydrogen-bond donors (Lipinski definition) is 0. The van der Waals surface area contributed by atoms with Crippen molar-refractivity contribution in [3.05, 3.63) is 33.3 Å². The summed E-state index contributed by atoms with van der Waals surface area (Å²) < 4.78 is 0.844. The average molecular weight is 331 g/mol. The Morgan fingerprint density at radius 2 is 2.06 bits per heavy atom. The lowest BCUT2D eigenvalue weighted by atomic mass is 9.88. The third-order valence-electron chi connectivity index (χ3n) is 3.73. The molecule has 2 nitrogen and oxygen atoms in total. The summed E-state index contributed by atoms with van der Waals surface area (Å²) in [7, 11) is 0. The van der Waals surface area contributed by atoms with Crippen LogP contribution < -0.4 is 0 Å². The monoisotopic (exact) mass is 329 g/mol. The van der Waals surface area contributed by atoms with Gasteiger partial charge in [-0.1, -0.05) is 41.4 Å². The number of piperidine rings is 1. The molecule has 2 unspecified atom stereocenters. The Morgan fingerprint density at radius 3 is 2.67 bits per heavy atom. The number of carbonyl (C=O) groups excluding carboxylic acids is 1. The van der Waals surface area contributed by atoms with Gasteiger partial charge in [0.05, 0.1) is 0 Å². The highest BCUT2D eigenvalue weighted by Crippen LogP contribution is 2.25. The lowest BCUT2D eigenvalue weighted by Crippen LogP contribution is -2.42. The molecule has 98 valence electrons. The van der Waals surface area contributed by atoms with Gasteiger partial charge in [-0.15, -0.1) is 0 Å². The van der Waals surface area contributed by atoms with Gasteiger partial charge < -0.3 is 4.90 Å². The lowest BCUT2D eigenvalue weighted by Gasteiger charge is -2.35. The summed E-state index contributed by atoms with van der Waals surface area (Å²) in [5.41, 5.74) is 0.663. The van der Waals surface area contributed by atoms with E-state index in [1.54, 1.807) is 12.1 Å². The van der Waals surface area contributed by atoms with E-state index in [1.807, 2.05) is 11.0 Å². The maximum absolute atomic E-state index is 12.4. The molecule has 1 aromatic carbocycles. The topological polar surface area (TPSA) is 20.3 Å². The van der Waals surface area contributed by atoms with Crippen molar-refractivity contribution < 1.29 is 4.79 Å². The SMILES string of the molecule is CC1CCN(C(=O)c2cc(Cl)cc(Br)c2)CC1C. The van der Waals surface area contributed by atoms with Gasteiger partial charge in [-0.3, -0.25) is 4.79 Å². The summed E-state index contributed by atoms with van der Waals surface area (Å²) >= 11 is 9.36. The molecule has 2 rings (SSSR count). The Balaban J connectivity index is 2.16. The van der Waals surface area contributed by atoms with Crippen LogP contribution in [-0.4, -0.2) is 23.9 Å².